The number of aromatic nitrogens is 4. The van der Waals surface area contributed by atoms with Crippen molar-refractivity contribution in [1.29, 1.82) is 0 Å². The summed E-state index contributed by atoms with van der Waals surface area (Å²) in [5.41, 5.74) is 0.233. The van der Waals surface area contributed by atoms with E-state index in [1.165, 1.54) is 28.3 Å². The number of benzene rings is 2. The van der Waals surface area contributed by atoms with Crippen LogP contribution < -0.4 is 11.0 Å². The van der Waals surface area contributed by atoms with E-state index < -0.39 is 23.3 Å². The first-order valence-electron chi connectivity index (χ1n) is 9.74. The number of nitrogens with one attached hydrogen (secondary N) is 1. The third-order valence-electron chi connectivity index (χ3n) is 4.81. The predicted octanol–water partition coefficient (Wildman–Crippen LogP) is 4.25. The van der Waals surface area contributed by atoms with E-state index in [1.54, 1.807) is 19.1 Å². The molecule has 1 amide bonds. The molecular formula is C22H18F3N5O2S. The van der Waals surface area contributed by atoms with Gasteiger partial charge in [-0.25, -0.2) is 18.9 Å². The number of halogens is 3. The molecular weight excluding hydrogens is 455 g/mol. The van der Waals surface area contributed by atoms with Crippen LogP contribution in [0.25, 0.3) is 17.0 Å². The van der Waals surface area contributed by atoms with E-state index in [1.807, 2.05) is 24.5 Å². The Kier molecular flexibility index (Phi) is 5.98. The number of anilines is 1. The molecule has 0 fully saturated rings. The molecule has 2 aromatic heterocycles. The summed E-state index contributed by atoms with van der Waals surface area (Å²) in [6, 6.07) is 13.2. The predicted molar refractivity (Wildman–Crippen MR) is 119 cm³/mol. The number of fused-ring (bicyclic) bond motifs is 1. The molecule has 0 radical (unpaired) electrons. The summed E-state index contributed by atoms with van der Waals surface area (Å²) >= 11 is 1.53. The van der Waals surface area contributed by atoms with Gasteiger partial charge in [0.05, 0.1) is 5.56 Å². The number of alkyl halides is 3. The smallest absolute Gasteiger partial charge is 0.324 e. The molecule has 170 valence electrons. The van der Waals surface area contributed by atoms with Crippen molar-refractivity contribution in [1.82, 2.24) is 19.2 Å². The van der Waals surface area contributed by atoms with E-state index in [2.05, 4.69) is 15.4 Å². The van der Waals surface area contributed by atoms with Crippen molar-refractivity contribution in [2.45, 2.75) is 24.5 Å². The van der Waals surface area contributed by atoms with E-state index in [0.29, 0.717) is 16.9 Å². The minimum atomic E-state index is -4.47. The van der Waals surface area contributed by atoms with E-state index in [4.69, 9.17) is 0 Å². The number of carbonyl (C=O) groups excluding carboxylic acids is 1. The highest BCUT2D eigenvalue weighted by Crippen LogP contribution is 2.30. The number of hydrogen-bond donors (Lipinski definition) is 1. The molecule has 0 saturated carbocycles. The number of aryl methyl sites for hydroxylation is 1. The third-order valence-corrected chi connectivity index (χ3v) is 5.54. The van der Waals surface area contributed by atoms with Crippen LogP contribution in [0.1, 0.15) is 11.3 Å². The largest absolute Gasteiger partial charge is 0.416 e. The third kappa shape index (κ3) is 4.77. The molecule has 33 heavy (non-hydrogen) atoms. The highest BCUT2D eigenvalue weighted by atomic mass is 32.2. The van der Waals surface area contributed by atoms with Gasteiger partial charge in [-0.15, -0.1) is 16.9 Å². The molecule has 4 rings (SSSR count). The first kappa shape index (κ1) is 22.6. The van der Waals surface area contributed by atoms with Gasteiger partial charge >= 0.3 is 11.9 Å². The van der Waals surface area contributed by atoms with Crippen LogP contribution in [0, 0.1) is 6.92 Å². The number of amides is 1. The van der Waals surface area contributed by atoms with Gasteiger partial charge in [-0.3, -0.25) is 4.79 Å². The maximum Gasteiger partial charge on any atom is 0.416 e. The van der Waals surface area contributed by atoms with Gasteiger partial charge in [0, 0.05) is 27.9 Å². The van der Waals surface area contributed by atoms with Gasteiger partial charge < -0.3 is 5.32 Å². The Labute approximate surface area is 190 Å². The summed E-state index contributed by atoms with van der Waals surface area (Å²) in [6.45, 7) is 1.35. The second-order valence-electron chi connectivity index (χ2n) is 7.21. The summed E-state index contributed by atoms with van der Waals surface area (Å²) in [5.74, 6) is -0.303. The Bertz CT molecular complexity index is 1390. The zero-order chi connectivity index (χ0) is 23.8. The fourth-order valence-corrected chi connectivity index (χ4v) is 3.76. The maximum atomic E-state index is 13.0. The summed E-state index contributed by atoms with van der Waals surface area (Å²) in [6.07, 6.45) is -2.56. The van der Waals surface area contributed by atoms with Crippen LogP contribution in [0.2, 0.25) is 0 Å². The van der Waals surface area contributed by atoms with Gasteiger partial charge in [0.25, 0.3) is 0 Å². The summed E-state index contributed by atoms with van der Waals surface area (Å²) in [4.78, 5) is 30.8. The molecule has 0 aliphatic carbocycles. The number of nitrogens with zero attached hydrogens (tertiary/aromatic N) is 4. The van der Waals surface area contributed by atoms with Crippen molar-refractivity contribution in [3.63, 3.8) is 0 Å². The maximum absolute atomic E-state index is 13.0. The lowest BCUT2D eigenvalue weighted by Crippen LogP contribution is -2.28. The zero-order valence-electron chi connectivity index (χ0n) is 17.6. The van der Waals surface area contributed by atoms with E-state index >= 15 is 0 Å². The summed E-state index contributed by atoms with van der Waals surface area (Å²) in [5, 5.41) is 6.94. The summed E-state index contributed by atoms with van der Waals surface area (Å²) < 4.78 is 40.9. The fraction of sp³-hybridized carbons (Fsp3) is 0.182. The molecule has 0 spiro atoms. The molecule has 0 aliphatic heterocycles. The topological polar surface area (TPSA) is 81.3 Å². The minimum Gasteiger partial charge on any atom is -0.324 e. The Hall–Kier alpha value is -3.60. The molecule has 1 N–H and O–H groups in total. The Morgan fingerprint density at radius 1 is 1.12 bits per heavy atom. The van der Waals surface area contributed by atoms with Crippen molar-refractivity contribution in [3.05, 3.63) is 76.3 Å². The molecule has 0 unspecified atom stereocenters. The number of hydrogen-bond acceptors (Lipinski definition) is 5. The minimum absolute atomic E-state index is 0.142. The number of rotatable bonds is 5. The van der Waals surface area contributed by atoms with Crippen molar-refractivity contribution in [3.8, 4) is 11.4 Å². The van der Waals surface area contributed by atoms with Gasteiger partial charge in [0.2, 0.25) is 5.91 Å². The van der Waals surface area contributed by atoms with Crippen LogP contribution in [0.15, 0.2) is 64.3 Å². The molecule has 2 heterocycles. The van der Waals surface area contributed by atoms with Crippen LogP contribution >= 0.6 is 11.8 Å². The molecule has 4 aromatic rings. The first-order chi connectivity index (χ1) is 15.7. The zero-order valence-corrected chi connectivity index (χ0v) is 18.4. The van der Waals surface area contributed by atoms with Crippen LogP contribution in [-0.4, -0.2) is 31.3 Å². The molecule has 11 heteroatoms. The van der Waals surface area contributed by atoms with Crippen LogP contribution in [0.5, 0.6) is 0 Å². The Morgan fingerprint density at radius 3 is 2.52 bits per heavy atom. The van der Waals surface area contributed by atoms with Gasteiger partial charge in [-0.05, 0) is 43.5 Å². The molecule has 0 saturated heterocycles. The fourth-order valence-electron chi connectivity index (χ4n) is 3.30. The first-order valence-corrected chi connectivity index (χ1v) is 11.0. The molecule has 0 bridgehead atoms. The molecule has 2 aromatic carbocycles. The second-order valence-corrected chi connectivity index (χ2v) is 8.09. The lowest BCUT2D eigenvalue weighted by molar-refractivity contribution is -0.137. The van der Waals surface area contributed by atoms with Crippen LogP contribution in [0.4, 0.5) is 18.9 Å². The average molecular weight is 473 g/mol. The lowest BCUT2D eigenvalue weighted by atomic mass is 10.1. The number of thioether (sulfide) groups is 1. The van der Waals surface area contributed by atoms with Gasteiger partial charge in [-0.2, -0.15) is 13.2 Å². The molecule has 7 nitrogen and oxygen atoms in total. The van der Waals surface area contributed by atoms with E-state index in [0.717, 1.165) is 21.7 Å². The quantitative estimate of drug-likeness (QED) is 0.439. The number of carbonyl (C=O) groups is 1. The SMILES string of the molecule is CSc1cccc(NC(=O)Cn2nc3cc(C)nc(-c4ccc(C(F)(F)F)cc4)n3c2=O)c1. The highest BCUT2D eigenvalue weighted by molar-refractivity contribution is 7.98. The lowest BCUT2D eigenvalue weighted by Gasteiger charge is -2.08. The van der Waals surface area contributed by atoms with Crippen molar-refractivity contribution in [2.24, 2.45) is 0 Å². The normalized spacial score (nSPS) is 11.7. The summed E-state index contributed by atoms with van der Waals surface area (Å²) in [7, 11) is 0. The monoisotopic (exact) mass is 473 g/mol. The van der Waals surface area contributed by atoms with Gasteiger partial charge in [0.15, 0.2) is 5.65 Å². The Morgan fingerprint density at radius 2 is 1.85 bits per heavy atom. The average Bonchev–Trinajstić information content (AvgIpc) is 3.07. The van der Waals surface area contributed by atoms with Crippen molar-refractivity contribution >= 4 is 29.0 Å². The van der Waals surface area contributed by atoms with Gasteiger partial charge in [-0.1, -0.05) is 18.2 Å². The van der Waals surface area contributed by atoms with E-state index in [-0.39, 0.29) is 18.0 Å². The van der Waals surface area contributed by atoms with E-state index in [9.17, 15) is 22.8 Å². The Balaban J connectivity index is 1.67. The van der Waals surface area contributed by atoms with Crippen LogP contribution in [-0.2, 0) is 17.5 Å². The molecule has 0 aliphatic rings. The van der Waals surface area contributed by atoms with Crippen molar-refractivity contribution < 1.29 is 18.0 Å². The molecule has 0 atom stereocenters. The standard InChI is InChI=1S/C22H18F3N5O2S/c1-13-10-18-28-29(12-19(31)27-16-4-3-5-17(11-16)33-2)21(32)30(18)20(26-13)14-6-8-15(9-7-14)22(23,24)25/h3-11H,12H2,1-2H3,(H,27,31). The second kappa shape index (κ2) is 8.74. The van der Waals surface area contributed by atoms with Gasteiger partial charge in [0.1, 0.15) is 12.4 Å². The van der Waals surface area contributed by atoms with Crippen molar-refractivity contribution in [2.75, 3.05) is 11.6 Å². The highest BCUT2D eigenvalue weighted by Gasteiger charge is 2.30. The van der Waals surface area contributed by atoms with Crippen LogP contribution in [0.3, 0.4) is 0 Å².